The monoisotopic (exact) mass is 661 g/mol. The zero-order valence-electron chi connectivity index (χ0n) is 27.9. The van der Waals surface area contributed by atoms with Crippen LogP contribution < -0.4 is 15.5 Å². The fraction of sp³-hybridized carbons (Fsp3) is 0.529. The number of rotatable bonds is 4. The van der Waals surface area contributed by atoms with E-state index in [9.17, 15) is 9.00 Å². The van der Waals surface area contributed by atoms with E-state index in [0.717, 1.165) is 50.4 Å². The van der Waals surface area contributed by atoms with Crippen LogP contribution in [0, 0.1) is 18.3 Å². The number of benzene rings is 1. The first kappa shape index (κ1) is 33.1. The third-order valence-corrected chi connectivity index (χ3v) is 11.7. The lowest BCUT2D eigenvalue weighted by molar-refractivity contribution is 0.100. The summed E-state index contributed by atoms with van der Waals surface area (Å²) in [4.78, 5) is 29.8. The molecule has 1 aromatic carbocycles. The summed E-state index contributed by atoms with van der Waals surface area (Å²) in [6.07, 6.45) is 5.21. The second-order valence-corrected chi connectivity index (χ2v) is 15.7. The largest absolute Gasteiger partial charge is 0.479 e. The highest BCUT2D eigenvalue weighted by molar-refractivity contribution is 7.93. The van der Waals surface area contributed by atoms with E-state index in [1.165, 1.54) is 19.1 Å². The molecule has 2 fully saturated rings. The molecule has 2 saturated heterocycles. The van der Waals surface area contributed by atoms with Crippen molar-refractivity contribution in [3.05, 3.63) is 53.2 Å². The Morgan fingerprint density at radius 1 is 1.13 bits per heavy atom. The fourth-order valence-corrected chi connectivity index (χ4v) is 8.79. The highest BCUT2D eigenvalue weighted by Gasteiger charge is 2.31. The number of fused-ring (bicyclic) bond motifs is 5. The van der Waals surface area contributed by atoms with Crippen LogP contribution >= 0.6 is 0 Å². The van der Waals surface area contributed by atoms with E-state index in [4.69, 9.17) is 14.5 Å². The average Bonchev–Trinajstić information content (AvgIpc) is 3.37. The quantitative estimate of drug-likeness (QED) is 0.409. The Kier molecular flexibility index (Phi) is 9.95. The molecule has 47 heavy (non-hydrogen) atoms. The van der Waals surface area contributed by atoms with Gasteiger partial charge in [-0.25, -0.2) is 4.21 Å². The van der Waals surface area contributed by atoms with Gasteiger partial charge in [0.15, 0.2) is 5.88 Å². The van der Waals surface area contributed by atoms with Gasteiger partial charge in [0.2, 0.25) is 5.96 Å². The number of carbonyl (C=O) groups is 1. The van der Waals surface area contributed by atoms with Crippen molar-refractivity contribution < 1.29 is 13.7 Å². The summed E-state index contributed by atoms with van der Waals surface area (Å²) in [6, 6.07) is 9.75. The number of aromatic nitrogens is 1. The van der Waals surface area contributed by atoms with E-state index < -0.39 is 15.6 Å². The van der Waals surface area contributed by atoms with Gasteiger partial charge in [-0.15, -0.1) is 0 Å². The molecule has 13 heteroatoms. The van der Waals surface area contributed by atoms with E-state index >= 15 is 0 Å². The lowest BCUT2D eigenvalue weighted by Gasteiger charge is -2.39. The van der Waals surface area contributed by atoms with Crippen LogP contribution in [0.2, 0.25) is 0 Å². The minimum Gasteiger partial charge on any atom is -0.479 e. The number of carbonyl (C=O) groups excluding carboxylic acids is 1. The predicted octanol–water partition coefficient (Wildman–Crippen LogP) is 4.31. The van der Waals surface area contributed by atoms with E-state index in [1.807, 2.05) is 30.0 Å². The molecule has 4 aliphatic heterocycles. The predicted molar refractivity (Wildman–Crippen MR) is 189 cm³/mol. The Morgan fingerprint density at radius 3 is 2.62 bits per heavy atom. The van der Waals surface area contributed by atoms with Crippen LogP contribution in [0.5, 0.6) is 0 Å². The smallest absolute Gasteiger partial charge is 0.280 e. The van der Waals surface area contributed by atoms with Gasteiger partial charge in [-0.2, -0.15) is 9.36 Å². The summed E-state index contributed by atoms with van der Waals surface area (Å²) >= 11 is 0. The minimum atomic E-state index is -2.38. The van der Waals surface area contributed by atoms with Crippen LogP contribution in [0.4, 0.5) is 17.1 Å². The SMILES string of the molecule is CN/C1=C(\C=N)c2cc(cc(C)n2)C(=O)/N=C2\Nc3ccc(N=S4(=O)CCN(C5CCN(C)CC5)CC4)cc3N2C[C@H](C)CCCO1. The molecule has 4 aliphatic rings. The maximum atomic E-state index is 13.9. The Bertz CT molecular complexity index is 1690. The first-order chi connectivity index (χ1) is 22.6. The number of ether oxygens (including phenoxy) is 1. The van der Waals surface area contributed by atoms with Crippen molar-refractivity contribution in [1.29, 1.82) is 5.41 Å². The molecule has 1 amide bonds. The molecule has 12 nitrogen and oxygen atoms in total. The van der Waals surface area contributed by atoms with Gasteiger partial charge < -0.3 is 30.6 Å². The molecule has 6 rings (SSSR count). The van der Waals surface area contributed by atoms with Gasteiger partial charge in [-0.1, -0.05) is 6.92 Å². The number of guanidine groups is 1. The van der Waals surface area contributed by atoms with E-state index in [2.05, 4.69) is 44.4 Å². The second kappa shape index (κ2) is 14.1. The number of hydrogen-bond acceptors (Lipinski definition) is 11. The zero-order chi connectivity index (χ0) is 33.1. The highest BCUT2D eigenvalue weighted by atomic mass is 32.2. The van der Waals surface area contributed by atoms with Crippen LogP contribution in [0.25, 0.3) is 5.57 Å². The van der Waals surface area contributed by atoms with Gasteiger partial charge in [-0.05, 0) is 89.0 Å². The normalized spacial score (nSPS) is 25.6. The molecule has 0 unspecified atom stereocenters. The van der Waals surface area contributed by atoms with Crippen molar-refractivity contribution in [3.63, 3.8) is 0 Å². The number of hydrogen-bond donors (Lipinski definition) is 3. The molecular weight excluding hydrogens is 615 g/mol. The zero-order valence-corrected chi connectivity index (χ0v) is 28.7. The van der Waals surface area contributed by atoms with Crippen molar-refractivity contribution in [2.75, 3.05) is 75.1 Å². The standard InChI is InChI=1S/C34H47N9O3S/c1-23-6-5-15-46-33(36-3)28(21-35)30-19-25(18-24(2)37-30)32(44)39-34-38-29-8-7-26(20-31(29)43(34)22-23)40-47(45)16-13-42(14-17-47)27-9-11-41(4)12-10-27/h7-8,18-21,23,27,35-36H,5-6,9-17,22H2,1-4H3,(H,38,39,44)/b33-28-,35-21?/t23-/m1/s1. The molecule has 0 radical (unpaired) electrons. The third kappa shape index (κ3) is 7.52. The van der Waals surface area contributed by atoms with E-state index in [-0.39, 0.29) is 5.92 Å². The molecule has 0 aliphatic carbocycles. The molecule has 3 N–H and O–H groups in total. The Labute approximate surface area is 278 Å². The summed E-state index contributed by atoms with van der Waals surface area (Å²) in [5.41, 5.74) is 4.33. The number of allylic oxidation sites excluding steroid dienone is 1. The molecule has 2 bridgehead atoms. The van der Waals surface area contributed by atoms with Gasteiger partial charge >= 0.3 is 0 Å². The van der Waals surface area contributed by atoms with Crippen molar-refractivity contribution in [3.8, 4) is 0 Å². The number of anilines is 2. The van der Waals surface area contributed by atoms with Crippen LogP contribution in [0.1, 0.15) is 54.4 Å². The molecule has 5 heterocycles. The molecule has 252 valence electrons. The minimum absolute atomic E-state index is 0.243. The second-order valence-electron chi connectivity index (χ2n) is 13.1. The summed E-state index contributed by atoms with van der Waals surface area (Å²) in [5.74, 6) is 1.88. The van der Waals surface area contributed by atoms with Gasteiger partial charge in [0.25, 0.3) is 5.91 Å². The van der Waals surface area contributed by atoms with Gasteiger partial charge in [-0.3, -0.25) is 14.7 Å². The average molecular weight is 662 g/mol. The lowest BCUT2D eigenvalue weighted by Crippen LogP contribution is -2.49. The summed E-state index contributed by atoms with van der Waals surface area (Å²) in [5, 5.41) is 14.5. The number of aliphatic imine (C=N–C) groups is 1. The number of piperidine rings is 1. The number of aryl methyl sites for hydroxylation is 1. The van der Waals surface area contributed by atoms with Crippen molar-refractivity contribution in [1.82, 2.24) is 20.1 Å². The van der Waals surface area contributed by atoms with Gasteiger partial charge in [0, 0.05) is 61.7 Å². The first-order valence-electron chi connectivity index (χ1n) is 16.7. The van der Waals surface area contributed by atoms with Crippen LogP contribution in [0.3, 0.4) is 0 Å². The topological polar surface area (TPSA) is 139 Å². The highest BCUT2D eigenvalue weighted by Crippen LogP contribution is 2.37. The molecular formula is C34H47N9O3S. The van der Waals surface area contributed by atoms with Crippen LogP contribution in [-0.2, 0) is 14.5 Å². The summed E-state index contributed by atoms with van der Waals surface area (Å²) in [6.45, 7) is 8.95. The third-order valence-electron chi connectivity index (χ3n) is 9.53. The molecule has 1 aromatic heterocycles. The maximum Gasteiger partial charge on any atom is 0.280 e. The lowest BCUT2D eigenvalue weighted by atomic mass is 10.0. The van der Waals surface area contributed by atoms with Crippen LogP contribution in [-0.4, -0.2) is 108 Å². The van der Waals surface area contributed by atoms with E-state index in [0.29, 0.717) is 70.8 Å². The van der Waals surface area contributed by atoms with Crippen molar-refractivity contribution in [2.45, 2.75) is 45.6 Å². The summed E-state index contributed by atoms with van der Waals surface area (Å²) in [7, 11) is 1.55. The molecule has 1 atom stereocenters. The van der Waals surface area contributed by atoms with Crippen LogP contribution in [0.15, 0.2) is 45.6 Å². The summed E-state index contributed by atoms with van der Waals surface area (Å²) < 4.78 is 24.9. The Hall–Kier alpha value is -3.81. The molecule has 0 spiro atoms. The van der Waals surface area contributed by atoms with Gasteiger partial charge in [0.05, 0.1) is 44.7 Å². The number of nitrogens with one attached hydrogen (secondary N) is 3. The first-order valence-corrected chi connectivity index (χ1v) is 18.5. The Balaban J connectivity index is 1.28. The molecule has 2 aromatic rings. The van der Waals surface area contributed by atoms with Crippen molar-refractivity contribution >= 4 is 50.4 Å². The number of likely N-dealkylation sites (tertiary alicyclic amines) is 1. The molecule has 0 saturated carbocycles. The number of nitrogens with zero attached hydrogens (tertiary/aromatic N) is 6. The van der Waals surface area contributed by atoms with E-state index in [1.54, 1.807) is 19.2 Å². The number of amides is 1. The Morgan fingerprint density at radius 2 is 1.89 bits per heavy atom. The fourth-order valence-electron chi connectivity index (χ4n) is 6.86. The van der Waals surface area contributed by atoms with Gasteiger partial charge in [0.1, 0.15) is 0 Å². The number of pyridine rings is 1. The van der Waals surface area contributed by atoms with Crippen molar-refractivity contribution in [2.24, 2.45) is 15.3 Å². The maximum absolute atomic E-state index is 13.9.